The van der Waals surface area contributed by atoms with Gasteiger partial charge in [0.1, 0.15) is 15.8 Å². The fourth-order valence-corrected chi connectivity index (χ4v) is 2.96. The van der Waals surface area contributed by atoms with E-state index in [0.29, 0.717) is 19.4 Å². The highest BCUT2D eigenvalue weighted by Gasteiger charge is 2.05. The van der Waals surface area contributed by atoms with Gasteiger partial charge in [-0.1, -0.05) is 12.1 Å². The van der Waals surface area contributed by atoms with Crippen molar-refractivity contribution in [2.24, 2.45) is 0 Å². The summed E-state index contributed by atoms with van der Waals surface area (Å²) in [4.78, 5) is 16.2. The predicted octanol–water partition coefficient (Wildman–Crippen LogP) is 2.23. The van der Waals surface area contributed by atoms with Crippen LogP contribution in [0.1, 0.15) is 27.2 Å². The predicted molar refractivity (Wildman–Crippen MR) is 95.7 cm³/mol. The van der Waals surface area contributed by atoms with E-state index in [2.05, 4.69) is 36.0 Å². The highest BCUT2D eigenvalue weighted by Crippen LogP contribution is 2.12. The molecule has 0 spiro atoms. The second-order valence-electron chi connectivity index (χ2n) is 5.56. The van der Waals surface area contributed by atoms with E-state index in [1.54, 1.807) is 11.3 Å². The number of carbonyl (C=O) groups excluding carboxylic acids is 1. The van der Waals surface area contributed by atoms with Gasteiger partial charge in [0, 0.05) is 25.1 Å². The van der Waals surface area contributed by atoms with Crippen LogP contribution in [0, 0.1) is 13.8 Å². The molecule has 2 heterocycles. The number of hydrogen-bond acceptors (Lipinski definition) is 6. The Hall–Kier alpha value is -2.81. The van der Waals surface area contributed by atoms with Gasteiger partial charge in [0.25, 0.3) is 0 Å². The number of amides is 2. The van der Waals surface area contributed by atoms with Crippen molar-refractivity contribution in [3.63, 3.8) is 0 Å². The van der Waals surface area contributed by atoms with Crippen molar-refractivity contribution in [1.29, 1.82) is 0 Å². The molecule has 0 radical (unpaired) electrons. The number of hydrogen-bond donors (Lipinski definition) is 3. The first-order chi connectivity index (χ1) is 12.1. The molecule has 0 saturated heterocycles. The number of H-pyrrole nitrogens is 1. The lowest BCUT2D eigenvalue weighted by Gasteiger charge is -2.07. The zero-order chi connectivity index (χ0) is 17.6. The Balaban J connectivity index is 1.44. The van der Waals surface area contributed by atoms with Crippen LogP contribution < -0.4 is 10.6 Å². The normalized spacial score (nSPS) is 10.6. The molecule has 3 rings (SSSR count). The molecule has 8 nitrogen and oxygen atoms in total. The van der Waals surface area contributed by atoms with Crippen molar-refractivity contribution in [3.8, 4) is 0 Å². The van der Waals surface area contributed by atoms with Crippen molar-refractivity contribution in [2.75, 3.05) is 11.9 Å². The lowest BCUT2D eigenvalue weighted by Crippen LogP contribution is -2.30. The number of nitrogens with one attached hydrogen (secondary N) is 3. The highest BCUT2D eigenvalue weighted by atomic mass is 32.1. The van der Waals surface area contributed by atoms with E-state index in [9.17, 15) is 4.79 Å². The topological polar surface area (TPSA) is 108 Å². The quantitative estimate of drug-likeness (QED) is 0.627. The molecule has 0 atom stereocenters. The molecule has 0 saturated carbocycles. The molecule has 25 heavy (non-hydrogen) atoms. The van der Waals surface area contributed by atoms with Crippen LogP contribution in [-0.4, -0.2) is 38.0 Å². The van der Waals surface area contributed by atoms with Crippen LogP contribution in [0.4, 0.5) is 10.5 Å². The van der Waals surface area contributed by atoms with Crippen LogP contribution >= 0.6 is 11.3 Å². The highest BCUT2D eigenvalue weighted by molar-refractivity contribution is 7.11. The number of rotatable bonds is 6. The Bertz CT molecular complexity index is 840. The zero-order valence-corrected chi connectivity index (χ0v) is 14.9. The Kier molecular flexibility index (Phi) is 5.34. The third kappa shape index (κ3) is 5.08. The summed E-state index contributed by atoms with van der Waals surface area (Å²) in [6.07, 6.45) is 1.33. The van der Waals surface area contributed by atoms with E-state index in [1.807, 2.05) is 38.1 Å². The van der Waals surface area contributed by atoms with Gasteiger partial charge in [-0.05, 0) is 31.5 Å². The van der Waals surface area contributed by atoms with Gasteiger partial charge in [0.15, 0.2) is 5.82 Å². The molecule has 0 aliphatic heterocycles. The molecule has 2 amide bonds. The van der Waals surface area contributed by atoms with Gasteiger partial charge in [0.05, 0.1) is 0 Å². The molecule has 0 aliphatic carbocycles. The van der Waals surface area contributed by atoms with Crippen molar-refractivity contribution in [1.82, 2.24) is 30.7 Å². The number of aromatic amines is 1. The van der Waals surface area contributed by atoms with E-state index >= 15 is 0 Å². The van der Waals surface area contributed by atoms with Crippen LogP contribution in [0.5, 0.6) is 0 Å². The Morgan fingerprint density at radius 3 is 2.64 bits per heavy atom. The molecular formula is C16H19N7OS. The molecule has 2 aromatic heterocycles. The summed E-state index contributed by atoms with van der Waals surface area (Å²) in [5, 5.41) is 22.4. The Labute approximate surface area is 149 Å². The molecule has 9 heteroatoms. The number of benzene rings is 1. The van der Waals surface area contributed by atoms with Crippen molar-refractivity contribution >= 4 is 23.1 Å². The number of aromatic nitrogens is 5. The fourth-order valence-electron chi connectivity index (χ4n) is 2.25. The first kappa shape index (κ1) is 17.0. The van der Waals surface area contributed by atoms with Gasteiger partial charge in [-0.25, -0.2) is 9.78 Å². The van der Waals surface area contributed by atoms with Crippen molar-refractivity contribution in [3.05, 3.63) is 51.5 Å². The maximum atomic E-state index is 11.9. The third-order valence-corrected chi connectivity index (χ3v) is 4.31. The number of aryl methyl sites for hydroxylation is 2. The standard InChI is InChI=1S/C16H19N7OS/c1-10-18-14(22-20-10)9-12-3-5-13(6-4-12)19-16(24)17-8-7-15-23-21-11(2)25-15/h3-6H,7-9H2,1-2H3,(H2,17,19,24)(H,18,20,22). The van der Waals surface area contributed by atoms with Gasteiger partial charge in [-0.15, -0.1) is 21.5 Å². The molecule has 3 N–H and O–H groups in total. The van der Waals surface area contributed by atoms with Crippen LogP contribution in [-0.2, 0) is 12.8 Å². The van der Waals surface area contributed by atoms with E-state index in [0.717, 1.165) is 32.9 Å². The van der Waals surface area contributed by atoms with Gasteiger partial charge in [-0.2, -0.15) is 5.10 Å². The molecule has 1 aromatic carbocycles. The van der Waals surface area contributed by atoms with Gasteiger partial charge in [-0.3, -0.25) is 5.10 Å². The largest absolute Gasteiger partial charge is 0.337 e. The number of urea groups is 1. The molecule has 130 valence electrons. The second kappa shape index (κ2) is 7.84. The summed E-state index contributed by atoms with van der Waals surface area (Å²) in [5.74, 6) is 1.55. The third-order valence-electron chi connectivity index (χ3n) is 3.41. The van der Waals surface area contributed by atoms with E-state index < -0.39 is 0 Å². The summed E-state index contributed by atoms with van der Waals surface area (Å²) in [6.45, 7) is 4.30. The SMILES string of the molecule is Cc1nc(Cc2ccc(NC(=O)NCCc3nnc(C)s3)cc2)n[nH]1. The minimum atomic E-state index is -0.237. The van der Waals surface area contributed by atoms with Crippen LogP contribution in [0.15, 0.2) is 24.3 Å². The Morgan fingerprint density at radius 1 is 1.20 bits per heavy atom. The summed E-state index contributed by atoms with van der Waals surface area (Å²) < 4.78 is 0. The number of anilines is 1. The first-order valence-electron chi connectivity index (χ1n) is 7.89. The van der Waals surface area contributed by atoms with Crippen LogP contribution in [0.3, 0.4) is 0 Å². The summed E-state index contributed by atoms with van der Waals surface area (Å²) in [5.41, 5.74) is 1.82. The maximum Gasteiger partial charge on any atom is 0.319 e. The van der Waals surface area contributed by atoms with Gasteiger partial charge in [0.2, 0.25) is 0 Å². The van der Waals surface area contributed by atoms with Crippen molar-refractivity contribution in [2.45, 2.75) is 26.7 Å². The zero-order valence-electron chi connectivity index (χ0n) is 14.0. The first-order valence-corrected chi connectivity index (χ1v) is 8.71. The summed E-state index contributed by atoms with van der Waals surface area (Å²) >= 11 is 1.54. The van der Waals surface area contributed by atoms with Gasteiger partial charge < -0.3 is 10.6 Å². The molecule has 0 bridgehead atoms. The molecule has 0 aliphatic rings. The van der Waals surface area contributed by atoms with Crippen LogP contribution in [0.2, 0.25) is 0 Å². The average molecular weight is 357 g/mol. The number of carbonyl (C=O) groups is 1. The Morgan fingerprint density at radius 2 is 2.00 bits per heavy atom. The van der Waals surface area contributed by atoms with Crippen molar-refractivity contribution < 1.29 is 4.79 Å². The minimum Gasteiger partial charge on any atom is -0.337 e. The maximum absolute atomic E-state index is 11.9. The molecule has 0 fully saturated rings. The minimum absolute atomic E-state index is 0.237. The van der Waals surface area contributed by atoms with Gasteiger partial charge >= 0.3 is 6.03 Å². The number of nitrogens with zero attached hydrogens (tertiary/aromatic N) is 4. The monoisotopic (exact) mass is 357 g/mol. The second-order valence-corrected chi connectivity index (χ2v) is 6.82. The van der Waals surface area contributed by atoms with E-state index in [1.165, 1.54) is 0 Å². The van der Waals surface area contributed by atoms with Crippen LogP contribution in [0.25, 0.3) is 0 Å². The molecule has 0 unspecified atom stereocenters. The van der Waals surface area contributed by atoms with E-state index in [-0.39, 0.29) is 6.03 Å². The molecular weight excluding hydrogens is 338 g/mol. The van der Waals surface area contributed by atoms with E-state index in [4.69, 9.17) is 0 Å². The smallest absolute Gasteiger partial charge is 0.319 e. The lowest BCUT2D eigenvalue weighted by molar-refractivity contribution is 0.252. The summed E-state index contributed by atoms with van der Waals surface area (Å²) in [6, 6.07) is 7.39. The molecule has 3 aromatic rings. The summed E-state index contributed by atoms with van der Waals surface area (Å²) in [7, 11) is 0. The fraction of sp³-hybridized carbons (Fsp3) is 0.312. The lowest BCUT2D eigenvalue weighted by atomic mass is 10.1. The average Bonchev–Trinajstić information content (AvgIpc) is 3.18.